The first-order valence-corrected chi connectivity index (χ1v) is 5.76. The number of rotatable bonds is 3. The lowest BCUT2D eigenvalue weighted by molar-refractivity contribution is 0.104. The number of nitrogens with zero attached hydrogens (tertiary/aromatic N) is 5. The standard InChI is InChI=1S/C12H13N5O3/c1-7-6-9(19)11(12(20)16(7)2)8(18)4-5-10-13-15-17(3)14-10/h4-6,19H,1-3H3/b5-4+. The highest BCUT2D eigenvalue weighted by molar-refractivity contribution is 6.08. The molecule has 8 heteroatoms. The van der Waals surface area contributed by atoms with Crippen LogP contribution in [0.4, 0.5) is 0 Å². The molecule has 0 saturated carbocycles. The molecule has 0 radical (unpaired) electrons. The van der Waals surface area contributed by atoms with Gasteiger partial charge in [0, 0.05) is 18.8 Å². The van der Waals surface area contributed by atoms with E-state index in [2.05, 4.69) is 15.4 Å². The van der Waals surface area contributed by atoms with Crippen LogP contribution in [-0.4, -0.2) is 35.7 Å². The highest BCUT2D eigenvalue weighted by Gasteiger charge is 2.16. The van der Waals surface area contributed by atoms with Gasteiger partial charge in [-0.1, -0.05) is 0 Å². The molecule has 0 atom stereocenters. The van der Waals surface area contributed by atoms with Crippen LogP contribution in [-0.2, 0) is 14.1 Å². The minimum Gasteiger partial charge on any atom is -0.507 e. The van der Waals surface area contributed by atoms with Crippen LogP contribution < -0.4 is 5.56 Å². The molecular weight excluding hydrogens is 262 g/mol. The second-order valence-corrected chi connectivity index (χ2v) is 4.24. The molecule has 0 aromatic carbocycles. The summed E-state index contributed by atoms with van der Waals surface area (Å²) in [6.07, 6.45) is 2.46. The van der Waals surface area contributed by atoms with Crippen LogP contribution in [0.5, 0.6) is 5.75 Å². The minimum atomic E-state index is -0.615. The summed E-state index contributed by atoms with van der Waals surface area (Å²) in [6.45, 7) is 1.66. The predicted octanol–water partition coefficient (Wildman–Crippen LogP) is -0.181. The molecular formula is C12H13N5O3. The topological polar surface area (TPSA) is 103 Å². The number of hydrogen-bond acceptors (Lipinski definition) is 6. The Morgan fingerprint density at radius 2 is 2.10 bits per heavy atom. The van der Waals surface area contributed by atoms with Crippen molar-refractivity contribution in [2.45, 2.75) is 6.92 Å². The summed E-state index contributed by atoms with van der Waals surface area (Å²) in [4.78, 5) is 25.2. The Hall–Kier alpha value is -2.77. The average molecular weight is 275 g/mol. The molecule has 2 aromatic rings. The maximum atomic E-state index is 12.0. The molecule has 0 aliphatic carbocycles. The molecule has 2 heterocycles. The second-order valence-electron chi connectivity index (χ2n) is 4.24. The SMILES string of the molecule is Cc1cc(O)c(C(=O)/C=C/c2nnn(C)n2)c(=O)n1C. The summed E-state index contributed by atoms with van der Waals surface area (Å²) in [5.74, 6) is -0.716. The maximum absolute atomic E-state index is 12.0. The molecule has 20 heavy (non-hydrogen) atoms. The minimum absolute atomic E-state index is 0.240. The van der Waals surface area contributed by atoms with Crippen LogP contribution >= 0.6 is 0 Å². The number of tetrazole rings is 1. The first kappa shape index (κ1) is 13.7. The fraction of sp³-hybridized carbons (Fsp3) is 0.250. The zero-order valence-electron chi connectivity index (χ0n) is 11.2. The van der Waals surface area contributed by atoms with Crippen molar-refractivity contribution in [3.63, 3.8) is 0 Å². The zero-order chi connectivity index (χ0) is 14.9. The summed E-state index contributed by atoms with van der Waals surface area (Å²) < 4.78 is 1.29. The van der Waals surface area contributed by atoms with Gasteiger partial charge in [-0.15, -0.1) is 10.2 Å². The van der Waals surface area contributed by atoms with Crippen molar-refractivity contribution in [2.75, 3.05) is 0 Å². The highest BCUT2D eigenvalue weighted by Crippen LogP contribution is 2.15. The Morgan fingerprint density at radius 1 is 1.40 bits per heavy atom. The zero-order valence-corrected chi connectivity index (χ0v) is 11.2. The summed E-state index contributed by atoms with van der Waals surface area (Å²) in [6, 6.07) is 1.36. The van der Waals surface area contributed by atoms with Gasteiger partial charge in [-0.05, 0) is 24.3 Å². The Labute approximate surface area is 114 Å². The monoisotopic (exact) mass is 275 g/mol. The lowest BCUT2D eigenvalue weighted by Gasteiger charge is -2.06. The fourth-order valence-electron chi connectivity index (χ4n) is 1.63. The highest BCUT2D eigenvalue weighted by atomic mass is 16.3. The molecule has 0 bridgehead atoms. The number of allylic oxidation sites excluding steroid dienone is 1. The number of aromatic hydroxyl groups is 1. The van der Waals surface area contributed by atoms with Gasteiger partial charge in [-0.25, -0.2) is 0 Å². The first-order valence-electron chi connectivity index (χ1n) is 5.76. The van der Waals surface area contributed by atoms with E-state index in [0.29, 0.717) is 5.69 Å². The van der Waals surface area contributed by atoms with E-state index in [0.717, 1.165) is 6.08 Å². The molecule has 2 aromatic heterocycles. The molecule has 0 amide bonds. The van der Waals surface area contributed by atoms with E-state index in [9.17, 15) is 14.7 Å². The largest absolute Gasteiger partial charge is 0.507 e. The van der Waals surface area contributed by atoms with Crippen LogP contribution in [0.3, 0.4) is 0 Å². The van der Waals surface area contributed by atoms with Gasteiger partial charge in [0.2, 0.25) is 0 Å². The van der Waals surface area contributed by atoms with E-state index < -0.39 is 11.3 Å². The number of aromatic nitrogens is 5. The van der Waals surface area contributed by atoms with E-state index in [1.807, 2.05) is 0 Å². The van der Waals surface area contributed by atoms with Crippen LogP contribution in [0, 0.1) is 6.92 Å². The second kappa shape index (κ2) is 5.08. The lowest BCUT2D eigenvalue weighted by Crippen LogP contribution is -2.25. The summed E-state index contributed by atoms with van der Waals surface area (Å²) in [5, 5.41) is 20.9. The quantitative estimate of drug-likeness (QED) is 0.615. The van der Waals surface area contributed by atoms with Crippen LogP contribution in [0.15, 0.2) is 16.9 Å². The lowest BCUT2D eigenvalue weighted by atomic mass is 10.1. The smallest absolute Gasteiger partial charge is 0.265 e. The number of carbonyl (C=O) groups is 1. The first-order chi connectivity index (χ1) is 9.40. The Bertz CT molecular complexity index is 757. The Morgan fingerprint density at radius 3 is 2.70 bits per heavy atom. The molecule has 104 valence electrons. The molecule has 0 unspecified atom stereocenters. The van der Waals surface area contributed by atoms with E-state index in [1.165, 1.54) is 28.6 Å². The van der Waals surface area contributed by atoms with Gasteiger partial charge in [0.25, 0.3) is 5.56 Å². The predicted molar refractivity (Wildman–Crippen MR) is 70.2 cm³/mol. The third kappa shape index (κ3) is 2.48. The third-order valence-corrected chi connectivity index (χ3v) is 2.80. The molecule has 2 rings (SSSR count). The summed E-state index contributed by atoms with van der Waals surface area (Å²) >= 11 is 0. The van der Waals surface area contributed by atoms with Gasteiger partial charge in [0.05, 0.1) is 7.05 Å². The normalized spacial score (nSPS) is 11.2. The number of aryl methyl sites for hydroxylation is 2. The van der Waals surface area contributed by atoms with E-state index in [4.69, 9.17) is 0 Å². The van der Waals surface area contributed by atoms with Crippen molar-refractivity contribution in [2.24, 2.45) is 14.1 Å². The molecule has 0 aliphatic heterocycles. The van der Waals surface area contributed by atoms with Gasteiger partial charge in [0.15, 0.2) is 11.6 Å². The van der Waals surface area contributed by atoms with E-state index in [-0.39, 0.29) is 17.1 Å². The number of carbonyl (C=O) groups excluding carboxylic acids is 1. The molecule has 1 N–H and O–H groups in total. The molecule has 8 nitrogen and oxygen atoms in total. The molecule has 0 aliphatic rings. The van der Waals surface area contributed by atoms with E-state index in [1.54, 1.807) is 14.0 Å². The van der Waals surface area contributed by atoms with Crippen molar-refractivity contribution in [1.82, 2.24) is 24.8 Å². The Balaban J connectivity index is 2.37. The number of pyridine rings is 1. The van der Waals surface area contributed by atoms with Gasteiger partial charge < -0.3 is 9.67 Å². The fourth-order valence-corrected chi connectivity index (χ4v) is 1.63. The summed E-state index contributed by atoms with van der Waals surface area (Å²) in [7, 11) is 3.12. The van der Waals surface area contributed by atoms with E-state index >= 15 is 0 Å². The van der Waals surface area contributed by atoms with Crippen molar-refractivity contribution in [3.8, 4) is 5.75 Å². The average Bonchev–Trinajstić information content (AvgIpc) is 2.79. The van der Waals surface area contributed by atoms with Crippen LogP contribution in [0.2, 0.25) is 0 Å². The molecule has 0 saturated heterocycles. The van der Waals surface area contributed by atoms with Crippen LogP contribution in [0.25, 0.3) is 6.08 Å². The van der Waals surface area contributed by atoms with Gasteiger partial charge >= 0.3 is 0 Å². The van der Waals surface area contributed by atoms with Gasteiger partial charge in [0.1, 0.15) is 11.3 Å². The summed E-state index contributed by atoms with van der Waals surface area (Å²) in [5.41, 5.74) is -0.272. The maximum Gasteiger partial charge on any atom is 0.265 e. The van der Waals surface area contributed by atoms with Crippen molar-refractivity contribution >= 4 is 11.9 Å². The van der Waals surface area contributed by atoms with Gasteiger partial charge in [-0.2, -0.15) is 4.80 Å². The van der Waals surface area contributed by atoms with Crippen molar-refractivity contribution in [3.05, 3.63) is 39.6 Å². The Kier molecular flexibility index (Phi) is 3.47. The van der Waals surface area contributed by atoms with Crippen molar-refractivity contribution in [1.29, 1.82) is 0 Å². The van der Waals surface area contributed by atoms with Crippen molar-refractivity contribution < 1.29 is 9.90 Å². The van der Waals surface area contributed by atoms with Crippen LogP contribution in [0.1, 0.15) is 21.9 Å². The molecule has 0 spiro atoms. The molecule has 0 fully saturated rings. The van der Waals surface area contributed by atoms with Gasteiger partial charge in [-0.3, -0.25) is 9.59 Å². The number of ketones is 1. The number of hydrogen-bond donors (Lipinski definition) is 1. The third-order valence-electron chi connectivity index (χ3n) is 2.80.